The molecule has 4 rings (SSSR count). The van der Waals surface area contributed by atoms with E-state index in [4.69, 9.17) is 0 Å². The Kier molecular flexibility index (Phi) is 5.02. The van der Waals surface area contributed by atoms with Crippen molar-refractivity contribution in [3.63, 3.8) is 0 Å². The summed E-state index contributed by atoms with van der Waals surface area (Å²) in [6.45, 7) is 4.66. The van der Waals surface area contributed by atoms with Crippen molar-refractivity contribution < 1.29 is 0 Å². The monoisotopic (exact) mass is 295 g/mol. The first-order chi connectivity index (χ1) is 10.8. The van der Waals surface area contributed by atoms with Crippen LogP contribution in [0.15, 0.2) is 36.5 Å². The lowest BCUT2D eigenvalue weighted by Crippen LogP contribution is -2.04. The molecule has 1 aromatic heterocycles. The summed E-state index contributed by atoms with van der Waals surface area (Å²) in [4.78, 5) is 3.29. The minimum atomic E-state index is 0.781. The maximum absolute atomic E-state index is 3.29. The molecule has 1 nitrogen and oxygen atoms in total. The molecule has 0 saturated carbocycles. The first-order valence-electron chi connectivity index (χ1n) is 8.99. The predicted octanol–water partition coefficient (Wildman–Crippen LogP) is 5.97. The van der Waals surface area contributed by atoms with Crippen LogP contribution < -0.4 is 0 Å². The molecule has 2 aliphatic carbocycles. The van der Waals surface area contributed by atoms with Gasteiger partial charge in [-0.2, -0.15) is 0 Å². The van der Waals surface area contributed by atoms with Crippen molar-refractivity contribution in [2.45, 2.75) is 70.6 Å². The third-order valence-electron chi connectivity index (χ3n) is 5.38. The van der Waals surface area contributed by atoms with Crippen LogP contribution in [0.4, 0.5) is 0 Å². The van der Waals surface area contributed by atoms with E-state index in [9.17, 15) is 0 Å². The number of aromatic nitrogens is 1. The van der Waals surface area contributed by atoms with Crippen molar-refractivity contribution in [2.75, 3.05) is 0 Å². The Labute approximate surface area is 135 Å². The van der Waals surface area contributed by atoms with Gasteiger partial charge in [-0.3, -0.25) is 0 Å². The van der Waals surface area contributed by atoms with Crippen LogP contribution in [-0.4, -0.2) is 4.98 Å². The molecular weight excluding hydrogens is 266 g/mol. The van der Waals surface area contributed by atoms with Crippen LogP contribution in [0.3, 0.4) is 0 Å². The fourth-order valence-corrected chi connectivity index (χ4v) is 4.00. The van der Waals surface area contributed by atoms with Gasteiger partial charge in [-0.25, -0.2) is 0 Å². The second kappa shape index (κ2) is 7.17. The van der Waals surface area contributed by atoms with Crippen LogP contribution >= 0.6 is 0 Å². The quantitative estimate of drug-likeness (QED) is 0.576. The molecule has 0 fully saturated rings. The van der Waals surface area contributed by atoms with E-state index >= 15 is 0 Å². The normalized spacial score (nSPS) is 23.5. The van der Waals surface area contributed by atoms with Gasteiger partial charge in [0.1, 0.15) is 0 Å². The Morgan fingerprint density at radius 3 is 2.45 bits per heavy atom. The number of H-pyrrole nitrogens is 1. The third kappa shape index (κ3) is 3.45. The topological polar surface area (TPSA) is 15.8 Å². The Bertz CT molecular complexity index is 595. The van der Waals surface area contributed by atoms with Gasteiger partial charge in [0.05, 0.1) is 0 Å². The number of hydrogen-bond acceptors (Lipinski definition) is 0. The van der Waals surface area contributed by atoms with E-state index in [0.717, 1.165) is 11.8 Å². The van der Waals surface area contributed by atoms with Crippen LogP contribution in [0.1, 0.15) is 80.2 Å². The molecule has 0 radical (unpaired) electrons. The zero-order valence-electron chi connectivity index (χ0n) is 14.1. The molecule has 22 heavy (non-hydrogen) atoms. The van der Waals surface area contributed by atoms with E-state index < -0.39 is 0 Å². The van der Waals surface area contributed by atoms with Gasteiger partial charge >= 0.3 is 0 Å². The largest absolute Gasteiger partial charge is 0.365 e. The lowest BCUT2D eigenvalue weighted by Gasteiger charge is -2.17. The smallest absolute Gasteiger partial charge is 0.0182 e. The van der Waals surface area contributed by atoms with Gasteiger partial charge in [-0.1, -0.05) is 44.5 Å². The van der Waals surface area contributed by atoms with Gasteiger partial charge in [0.25, 0.3) is 0 Å². The molecule has 0 aliphatic heterocycles. The van der Waals surface area contributed by atoms with Crippen LogP contribution in [-0.2, 0) is 12.8 Å². The highest BCUT2D eigenvalue weighted by atomic mass is 14.7. The second-order valence-corrected chi connectivity index (χ2v) is 7.05. The highest BCUT2D eigenvalue weighted by Gasteiger charge is 2.16. The standard InChI is InChI=1S/C12H16.C9H13N/c1-10-6-2-3-7-11-8-4-5-9-12(10)11;1-7-3-2-4-9-8(7)5-6-10-9/h4-5,8-10H,2-3,6-7H2,1H3;5-7,10H,2-4H2,1H3. The van der Waals surface area contributed by atoms with Crippen molar-refractivity contribution in [3.8, 4) is 0 Å². The molecule has 2 aliphatic rings. The van der Waals surface area contributed by atoms with Crippen LogP contribution in [0, 0.1) is 0 Å². The minimum Gasteiger partial charge on any atom is -0.365 e. The van der Waals surface area contributed by atoms with E-state index in [1.807, 2.05) is 0 Å². The second-order valence-electron chi connectivity index (χ2n) is 7.05. The molecule has 118 valence electrons. The minimum absolute atomic E-state index is 0.781. The Hall–Kier alpha value is -1.50. The summed E-state index contributed by atoms with van der Waals surface area (Å²) in [5.41, 5.74) is 6.20. The summed E-state index contributed by atoms with van der Waals surface area (Å²) in [7, 11) is 0. The van der Waals surface area contributed by atoms with Crippen LogP contribution in [0.2, 0.25) is 0 Å². The summed E-state index contributed by atoms with van der Waals surface area (Å²) < 4.78 is 0. The third-order valence-corrected chi connectivity index (χ3v) is 5.38. The number of hydrogen-bond donors (Lipinski definition) is 1. The Morgan fingerprint density at radius 2 is 1.59 bits per heavy atom. The molecule has 0 spiro atoms. The Balaban J connectivity index is 0.000000133. The number of benzene rings is 1. The molecule has 1 N–H and O–H groups in total. The fraction of sp³-hybridized carbons (Fsp3) is 0.524. The molecule has 0 bridgehead atoms. The van der Waals surface area contributed by atoms with Gasteiger partial charge in [0, 0.05) is 11.9 Å². The molecule has 2 atom stereocenters. The first kappa shape index (κ1) is 15.4. The van der Waals surface area contributed by atoms with Crippen molar-refractivity contribution in [1.82, 2.24) is 4.98 Å². The first-order valence-corrected chi connectivity index (χ1v) is 8.99. The number of nitrogens with one attached hydrogen (secondary N) is 1. The van der Waals surface area contributed by atoms with Gasteiger partial charge in [-0.05, 0) is 73.1 Å². The van der Waals surface area contributed by atoms with Crippen LogP contribution in [0.25, 0.3) is 0 Å². The molecule has 2 aromatic rings. The van der Waals surface area contributed by atoms with Gasteiger partial charge < -0.3 is 4.98 Å². The van der Waals surface area contributed by atoms with Crippen molar-refractivity contribution in [2.24, 2.45) is 0 Å². The van der Waals surface area contributed by atoms with Gasteiger partial charge in [-0.15, -0.1) is 0 Å². The average molecular weight is 295 g/mol. The highest BCUT2D eigenvalue weighted by molar-refractivity contribution is 5.31. The number of aryl methyl sites for hydroxylation is 2. The molecule has 1 heteroatoms. The maximum atomic E-state index is 3.29. The lowest BCUT2D eigenvalue weighted by molar-refractivity contribution is 0.586. The summed E-state index contributed by atoms with van der Waals surface area (Å²) in [5.74, 6) is 1.57. The highest BCUT2D eigenvalue weighted by Crippen LogP contribution is 2.30. The molecule has 1 heterocycles. The average Bonchev–Trinajstić information content (AvgIpc) is 2.95. The fourth-order valence-electron chi connectivity index (χ4n) is 4.00. The maximum Gasteiger partial charge on any atom is 0.0182 e. The van der Waals surface area contributed by atoms with E-state index in [2.05, 4.69) is 55.4 Å². The lowest BCUT2D eigenvalue weighted by atomic mass is 9.89. The zero-order valence-corrected chi connectivity index (χ0v) is 14.1. The molecule has 1 aromatic carbocycles. The number of fused-ring (bicyclic) bond motifs is 2. The van der Waals surface area contributed by atoms with Gasteiger partial charge in [0.2, 0.25) is 0 Å². The van der Waals surface area contributed by atoms with Crippen molar-refractivity contribution in [3.05, 3.63) is 58.9 Å². The van der Waals surface area contributed by atoms with E-state index in [0.29, 0.717) is 0 Å². The van der Waals surface area contributed by atoms with Crippen molar-refractivity contribution in [1.29, 1.82) is 0 Å². The summed E-state index contributed by atoms with van der Waals surface area (Å²) in [6.07, 6.45) is 11.5. The molecule has 2 unspecified atom stereocenters. The van der Waals surface area contributed by atoms with Gasteiger partial charge in [0.15, 0.2) is 0 Å². The van der Waals surface area contributed by atoms with Crippen LogP contribution in [0.5, 0.6) is 0 Å². The SMILES string of the molecule is CC1CCCCc2ccccc21.CC1CCCc2[nH]ccc21. The summed E-state index contributed by atoms with van der Waals surface area (Å²) in [6, 6.07) is 11.1. The number of aromatic amines is 1. The number of rotatable bonds is 0. The molecular formula is C21H29N. The molecule has 0 saturated heterocycles. The Morgan fingerprint density at radius 1 is 0.818 bits per heavy atom. The summed E-state index contributed by atoms with van der Waals surface area (Å²) in [5, 5.41) is 0. The van der Waals surface area contributed by atoms with E-state index in [-0.39, 0.29) is 0 Å². The van der Waals surface area contributed by atoms with E-state index in [1.165, 1.54) is 50.6 Å². The van der Waals surface area contributed by atoms with Crippen molar-refractivity contribution >= 4 is 0 Å². The van der Waals surface area contributed by atoms with E-state index in [1.54, 1.807) is 16.7 Å². The molecule has 0 amide bonds. The predicted molar refractivity (Wildman–Crippen MR) is 94.6 cm³/mol. The summed E-state index contributed by atoms with van der Waals surface area (Å²) >= 11 is 0. The zero-order chi connectivity index (χ0) is 15.4.